The summed E-state index contributed by atoms with van der Waals surface area (Å²) in [6.07, 6.45) is 2.71. The van der Waals surface area contributed by atoms with Gasteiger partial charge in [0.15, 0.2) is 0 Å². The number of rotatable bonds is 0. The third-order valence-corrected chi connectivity index (χ3v) is 2.26. The maximum Gasteiger partial charge on any atom is 0.0994 e. The molecule has 1 aliphatic carbocycles. The van der Waals surface area contributed by atoms with Crippen molar-refractivity contribution in [3.05, 3.63) is 53.1 Å². The Morgan fingerprint density at radius 2 is 2.08 bits per heavy atom. The minimum absolute atomic E-state index is 0.707. The molecule has 0 aromatic heterocycles. The highest BCUT2D eigenvalue weighted by Crippen LogP contribution is 2.26. The molecule has 0 aliphatic heterocycles. The number of benzene rings is 1. The van der Waals surface area contributed by atoms with E-state index in [2.05, 4.69) is 18.7 Å². The maximum atomic E-state index is 8.81. The molecule has 0 saturated heterocycles. The fourth-order valence-electron chi connectivity index (χ4n) is 1.53. The van der Waals surface area contributed by atoms with Crippen molar-refractivity contribution < 1.29 is 0 Å². The van der Waals surface area contributed by atoms with Gasteiger partial charge in [-0.3, -0.25) is 0 Å². The van der Waals surface area contributed by atoms with E-state index >= 15 is 0 Å². The minimum atomic E-state index is 0.707. The Morgan fingerprint density at radius 1 is 1.31 bits per heavy atom. The predicted octanol–water partition coefficient (Wildman–Crippen LogP) is 2.71. The molecule has 0 spiro atoms. The molecule has 13 heavy (non-hydrogen) atoms. The van der Waals surface area contributed by atoms with E-state index in [1.165, 1.54) is 5.56 Å². The minimum Gasteiger partial charge on any atom is -0.192 e. The second-order valence-corrected chi connectivity index (χ2v) is 3.15. The van der Waals surface area contributed by atoms with Crippen molar-refractivity contribution in [2.75, 3.05) is 0 Å². The molecule has 0 radical (unpaired) electrons. The molecule has 0 N–H and O–H groups in total. The van der Waals surface area contributed by atoms with E-state index in [1.54, 1.807) is 0 Å². The Kier molecular flexibility index (Phi) is 1.75. The van der Waals surface area contributed by atoms with E-state index < -0.39 is 0 Å². The van der Waals surface area contributed by atoms with Crippen molar-refractivity contribution in [2.45, 2.75) is 6.42 Å². The molecule has 0 heterocycles. The summed E-state index contributed by atoms with van der Waals surface area (Å²) in [7, 11) is 0. The van der Waals surface area contributed by atoms with Gasteiger partial charge >= 0.3 is 0 Å². The highest BCUT2D eigenvalue weighted by atomic mass is 14.3. The van der Waals surface area contributed by atoms with Gasteiger partial charge in [-0.25, -0.2) is 0 Å². The molecule has 1 heteroatoms. The number of allylic oxidation sites excluding steroid dienone is 2. The van der Waals surface area contributed by atoms with E-state index in [-0.39, 0.29) is 0 Å². The number of hydrogen-bond acceptors (Lipinski definition) is 1. The van der Waals surface area contributed by atoms with E-state index in [1.807, 2.05) is 24.3 Å². The normalized spacial score (nSPS) is 14.4. The van der Waals surface area contributed by atoms with Crippen molar-refractivity contribution in [3.63, 3.8) is 0 Å². The number of nitrogens with zero attached hydrogens (tertiary/aromatic N) is 1. The lowest BCUT2D eigenvalue weighted by atomic mass is 9.90. The number of fused-ring (bicyclic) bond motifs is 1. The van der Waals surface area contributed by atoms with Gasteiger partial charge in [0, 0.05) is 0 Å². The number of nitriles is 1. The lowest BCUT2D eigenvalue weighted by Crippen LogP contribution is -2.00. The van der Waals surface area contributed by atoms with Gasteiger partial charge in [0.05, 0.1) is 11.6 Å². The second-order valence-electron chi connectivity index (χ2n) is 3.15. The van der Waals surface area contributed by atoms with Gasteiger partial charge < -0.3 is 0 Å². The molecular formula is C12H9N. The highest BCUT2D eigenvalue weighted by Gasteiger charge is 2.11. The van der Waals surface area contributed by atoms with Crippen LogP contribution in [0.1, 0.15) is 11.1 Å². The SMILES string of the molecule is C=C1Cc2ccccc2C=C1C#N. The highest BCUT2D eigenvalue weighted by molar-refractivity contribution is 5.69. The van der Waals surface area contributed by atoms with Crippen molar-refractivity contribution in [1.29, 1.82) is 5.26 Å². The van der Waals surface area contributed by atoms with Crippen LogP contribution in [0.4, 0.5) is 0 Å². The van der Waals surface area contributed by atoms with Gasteiger partial charge in [0.1, 0.15) is 0 Å². The summed E-state index contributed by atoms with van der Waals surface area (Å²) >= 11 is 0. The van der Waals surface area contributed by atoms with Gasteiger partial charge in [0.25, 0.3) is 0 Å². The van der Waals surface area contributed by atoms with E-state index in [4.69, 9.17) is 5.26 Å². The molecular weight excluding hydrogens is 158 g/mol. The van der Waals surface area contributed by atoms with Crippen LogP contribution in [-0.2, 0) is 6.42 Å². The van der Waals surface area contributed by atoms with E-state index in [9.17, 15) is 0 Å². The summed E-state index contributed by atoms with van der Waals surface area (Å²) < 4.78 is 0. The summed E-state index contributed by atoms with van der Waals surface area (Å²) in [5.74, 6) is 0. The fourth-order valence-corrected chi connectivity index (χ4v) is 1.53. The van der Waals surface area contributed by atoms with Crippen LogP contribution in [0.25, 0.3) is 6.08 Å². The van der Waals surface area contributed by atoms with Crippen molar-refractivity contribution >= 4 is 6.08 Å². The third kappa shape index (κ3) is 1.27. The average Bonchev–Trinajstić information content (AvgIpc) is 2.17. The maximum absolute atomic E-state index is 8.81. The van der Waals surface area contributed by atoms with Crippen molar-refractivity contribution in [1.82, 2.24) is 0 Å². The Morgan fingerprint density at radius 3 is 2.85 bits per heavy atom. The molecule has 0 unspecified atom stereocenters. The molecule has 1 aromatic carbocycles. The van der Waals surface area contributed by atoms with Crippen LogP contribution >= 0.6 is 0 Å². The molecule has 0 saturated carbocycles. The summed E-state index contributed by atoms with van der Waals surface area (Å²) in [6.45, 7) is 3.87. The van der Waals surface area contributed by atoms with Crippen LogP contribution < -0.4 is 0 Å². The molecule has 0 atom stereocenters. The van der Waals surface area contributed by atoms with Crippen molar-refractivity contribution in [2.24, 2.45) is 0 Å². The molecule has 1 aromatic rings. The first-order valence-corrected chi connectivity index (χ1v) is 4.19. The first-order valence-electron chi connectivity index (χ1n) is 4.19. The van der Waals surface area contributed by atoms with Gasteiger partial charge in [-0.05, 0) is 29.2 Å². The summed E-state index contributed by atoms with van der Waals surface area (Å²) in [5, 5.41) is 8.81. The van der Waals surface area contributed by atoms with Crippen molar-refractivity contribution in [3.8, 4) is 6.07 Å². The fraction of sp³-hybridized carbons (Fsp3) is 0.0833. The Hall–Kier alpha value is -1.81. The van der Waals surface area contributed by atoms with Crippen LogP contribution in [0.3, 0.4) is 0 Å². The third-order valence-electron chi connectivity index (χ3n) is 2.26. The largest absolute Gasteiger partial charge is 0.192 e. The smallest absolute Gasteiger partial charge is 0.0994 e. The van der Waals surface area contributed by atoms with Gasteiger partial charge in [-0.1, -0.05) is 30.8 Å². The topological polar surface area (TPSA) is 23.8 Å². The lowest BCUT2D eigenvalue weighted by Gasteiger charge is -2.13. The molecule has 2 rings (SSSR count). The van der Waals surface area contributed by atoms with Crippen LogP contribution in [0.15, 0.2) is 42.0 Å². The van der Waals surface area contributed by atoms with Crippen LogP contribution in [0, 0.1) is 11.3 Å². The molecule has 0 amide bonds. The Balaban J connectivity index is 2.58. The van der Waals surface area contributed by atoms with Crippen LogP contribution in [0.2, 0.25) is 0 Å². The first-order chi connectivity index (χ1) is 6.31. The van der Waals surface area contributed by atoms with Crippen LogP contribution in [-0.4, -0.2) is 0 Å². The second kappa shape index (κ2) is 2.91. The van der Waals surface area contributed by atoms with Gasteiger partial charge in [-0.15, -0.1) is 0 Å². The summed E-state index contributed by atoms with van der Waals surface area (Å²) in [5.41, 5.74) is 4.03. The molecule has 1 nitrogen and oxygen atoms in total. The van der Waals surface area contributed by atoms with E-state index in [0.29, 0.717) is 5.57 Å². The summed E-state index contributed by atoms with van der Waals surface area (Å²) in [4.78, 5) is 0. The quantitative estimate of drug-likeness (QED) is 0.582. The first kappa shape index (κ1) is 7.82. The van der Waals surface area contributed by atoms with Gasteiger partial charge in [-0.2, -0.15) is 5.26 Å². The van der Waals surface area contributed by atoms with E-state index in [0.717, 1.165) is 17.6 Å². The lowest BCUT2D eigenvalue weighted by molar-refractivity contribution is 1.15. The van der Waals surface area contributed by atoms with Crippen LogP contribution in [0.5, 0.6) is 0 Å². The molecule has 1 aliphatic rings. The van der Waals surface area contributed by atoms with Gasteiger partial charge in [0.2, 0.25) is 0 Å². The Labute approximate surface area is 77.6 Å². The zero-order valence-corrected chi connectivity index (χ0v) is 7.25. The summed E-state index contributed by atoms with van der Waals surface area (Å²) in [6, 6.07) is 10.3. The Bertz CT molecular complexity index is 433. The predicted molar refractivity (Wildman–Crippen MR) is 52.9 cm³/mol. The molecule has 0 fully saturated rings. The monoisotopic (exact) mass is 167 g/mol. The standard InChI is InChI=1S/C12H9N/c1-9-6-10-4-2-3-5-11(10)7-12(9)8-13/h2-5,7H,1,6H2. The zero-order valence-electron chi connectivity index (χ0n) is 7.25. The molecule has 0 bridgehead atoms. The molecule has 62 valence electrons. The average molecular weight is 167 g/mol. The zero-order chi connectivity index (χ0) is 9.26. The number of hydrogen-bond donors (Lipinski definition) is 0.